The lowest BCUT2D eigenvalue weighted by Crippen LogP contribution is -2.10. The van der Waals surface area contributed by atoms with Gasteiger partial charge in [0, 0.05) is 0 Å². The predicted molar refractivity (Wildman–Crippen MR) is 93.3 cm³/mol. The fourth-order valence-corrected chi connectivity index (χ4v) is 3.09. The molecule has 0 saturated heterocycles. The molecule has 0 unspecified atom stereocenters. The normalized spacial score (nSPS) is 11.9. The van der Waals surface area contributed by atoms with Gasteiger partial charge < -0.3 is 0 Å². The molecule has 0 aliphatic carbocycles. The highest BCUT2D eigenvalue weighted by molar-refractivity contribution is 7.81. The Balaban J connectivity index is 3.14. The Labute approximate surface area is 143 Å². The van der Waals surface area contributed by atoms with Gasteiger partial charge in [0.05, 0.1) is 13.7 Å². The van der Waals surface area contributed by atoms with E-state index >= 15 is 0 Å². The second-order valence-electron chi connectivity index (χ2n) is 6.06. The first kappa shape index (κ1) is 22.8. The Bertz CT molecular complexity index is 330. The van der Waals surface area contributed by atoms with Crippen molar-refractivity contribution >= 4 is 10.4 Å². The van der Waals surface area contributed by atoms with Crippen LogP contribution in [0, 0.1) is 0 Å². The van der Waals surface area contributed by atoms with Crippen LogP contribution in [-0.2, 0) is 23.8 Å². The Morgan fingerprint density at radius 2 is 1.04 bits per heavy atom. The standard InChI is InChI=1S/C17H36O5S/c1-3-4-5-6-7-8-9-10-11-12-13-14-15-16-17-21-23(18,19)22-20-2/h3-17H2,1-2H3. The molecule has 0 spiro atoms. The predicted octanol–water partition coefficient (Wildman–Crippen LogP) is 5.31. The molecule has 0 saturated carbocycles. The monoisotopic (exact) mass is 352 g/mol. The molecule has 0 radical (unpaired) electrons. The van der Waals surface area contributed by atoms with E-state index in [-0.39, 0.29) is 6.61 Å². The summed E-state index contributed by atoms with van der Waals surface area (Å²) in [6, 6.07) is 0. The van der Waals surface area contributed by atoms with E-state index in [1.807, 2.05) is 0 Å². The van der Waals surface area contributed by atoms with Crippen LogP contribution >= 0.6 is 0 Å². The Morgan fingerprint density at radius 1 is 0.652 bits per heavy atom. The van der Waals surface area contributed by atoms with Crippen molar-refractivity contribution in [1.82, 2.24) is 0 Å². The van der Waals surface area contributed by atoms with Crippen LogP contribution in [0.2, 0.25) is 0 Å². The van der Waals surface area contributed by atoms with E-state index in [1.165, 1.54) is 70.6 Å². The third-order valence-electron chi connectivity index (χ3n) is 3.88. The zero-order valence-corrected chi connectivity index (χ0v) is 15.9. The average Bonchev–Trinajstić information content (AvgIpc) is 2.51. The summed E-state index contributed by atoms with van der Waals surface area (Å²) >= 11 is 0. The van der Waals surface area contributed by atoms with Gasteiger partial charge in [0.25, 0.3) is 0 Å². The van der Waals surface area contributed by atoms with Crippen LogP contribution in [-0.4, -0.2) is 22.1 Å². The van der Waals surface area contributed by atoms with E-state index in [1.54, 1.807) is 0 Å². The van der Waals surface area contributed by atoms with Crippen molar-refractivity contribution < 1.29 is 21.8 Å². The van der Waals surface area contributed by atoms with E-state index in [9.17, 15) is 8.42 Å². The molecule has 0 aliphatic heterocycles. The first-order valence-corrected chi connectivity index (χ1v) is 10.6. The molecular weight excluding hydrogens is 316 g/mol. The Hall–Kier alpha value is -0.170. The van der Waals surface area contributed by atoms with Gasteiger partial charge in [-0.15, -0.1) is 0 Å². The molecule has 0 aliphatic rings. The van der Waals surface area contributed by atoms with Crippen molar-refractivity contribution in [3.63, 3.8) is 0 Å². The number of unbranched alkanes of at least 4 members (excludes halogenated alkanes) is 13. The average molecular weight is 353 g/mol. The minimum atomic E-state index is -3.97. The first-order chi connectivity index (χ1) is 11.1. The molecular formula is C17H36O5S. The quantitative estimate of drug-likeness (QED) is 0.190. The molecule has 0 atom stereocenters. The van der Waals surface area contributed by atoms with Gasteiger partial charge in [-0.25, -0.2) is 9.07 Å². The van der Waals surface area contributed by atoms with Gasteiger partial charge in [-0.3, -0.25) is 0 Å². The maximum atomic E-state index is 11.0. The van der Waals surface area contributed by atoms with Gasteiger partial charge in [0.15, 0.2) is 0 Å². The molecule has 0 rings (SSSR count). The molecule has 0 bridgehead atoms. The second-order valence-corrected chi connectivity index (χ2v) is 7.25. The fraction of sp³-hybridized carbons (Fsp3) is 1.00. The lowest BCUT2D eigenvalue weighted by Gasteiger charge is -2.04. The molecule has 0 fully saturated rings. The van der Waals surface area contributed by atoms with E-state index in [0.29, 0.717) is 0 Å². The molecule has 0 amide bonds. The Kier molecular flexibility index (Phi) is 16.6. The molecule has 0 aromatic carbocycles. The van der Waals surface area contributed by atoms with Crippen molar-refractivity contribution in [2.24, 2.45) is 0 Å². The maximum Gasteiger partial charge on any atom is 0.426 e. The van der Waals surface area contributed by atoms with Gasteiger partial charge >= 0.3 is 10.4 Å². The van der Waals surface area contributed by atoms with Crippen LogP contribution in [0.3, 0.4) is 0 Å². The van der Waals surface area contributed by atoms with Crippen LogP contribution in [0.5, 0.6) is 0 Å². The highest BCUT2D eigenvalue weighted by atomic mass is 32.3. The van der Waals surface area contributed by atoms with Gasteiger partial charge in [0.1, 0.15) is 0 Å². The minimum Gasteiger partial charge on any atom is -0.246 e. The van der Waals surface area contributed by atoms with E-state index in [0.717, 1.165) is 26.4 Å². The second kappa shape index (κ2) is 16.7. The third-order valence-corrected chi connectivity index (χ3v) is 4.64. The highest BCUT2D eigenvalue weighted by Crippen LogP contribution is 2.13. The Morgan fingerprint density at radius 3 is 1.43 bits per heavy atom. The molecule has 23 heavy (non-hydrogen) atoms. The van der Waals surface area contributed by atoms with Crippen molar-refractivity contribution in [3.05, 3.63) is 0 Å². The summed E-state index contributed by atoms with van der Waals surface area (Å²) in [6.45, 7) is 2.41. The molecule has 0 N–H and O–H groups in total. The summed E-state index contributed by atoms with van der Waals surface area (Å²) in [4.78, 5) is 4.07. The molecule has 0 aromatic heterocycles. The van der Waals surface area contributed by atoms with Gasteiger partial charge in [-0.1, -0.05) is 94.7 Å². The van der Waals surface area contributed by atoms with E-state index in [2.05, 4.69) is 20.3 Å². The van der Waals surface area contributed by atoms with Crippen molar-refractivity contribution in [3.8, 4) is 0 Å². The lowest BCUT2D eigenvalue weighted by molar-refractivity contribution is -0.181. The van der Waals surface area contributed by atoms with E-state index < -0.39 is 10.4 Å². The lowest BCUT2D eigenvalue weighted by atomic mass is 10.0. The maximum absolute atomic E-state index is 11.0. The van der Waals surface area contributed by atoms with Gasteiger partial charge in [-0.2, -0.15) is 8.42 Å². The van der Waals surface area contributed by atoms with Gasteiger partial charge in [0.2, 0.25) is 0 Å². The summed E-state index contributed by atoms with van der Waals surface area (Å²) in [5.74, 6) is 0. The number of hydrogen-bond acceptors (Lipinski definition) is 5. The summed E-state index contributed by atoms with van der Waals surface area (Å²) in [5.41, 5.74) is 0. The summed E-state index contributed by atoms with van der Waals surface area (Å²) in [5, 5.41) is 0. The molecule has 6 heteroatoms. The molecule has 5 nitrogen and oxygen atoms in total. The first-order valence-electron chi connectivity index (χ1n) is 9.24. The van der Waals surface area contributed by atoms with Crippen LogP contribution < -0.4 is 0 Å². The van der Waals surface area contributed by atoms with E-state index in [4.69, 9.17) is 0 Å². The van der Waals surface area contributed by atoms with Gasteiger partial charge in [-0.05, 0) is 6.42 Å². The topological polar surface area (TPSA) is 61.8 Å². The highest BCUT2D eigenvalue weighted by Gasteiger charge is 2.11. The molecule has 140 valence electrons. The molecule has 0 heterocycles. The van der Waals surface area contributed by atoms with Crippen LogP contribution in [0.1, 0.15) is 96.8 Å². The number of hydrogen-bond donors (Lipinski definition) is 0. The van der Waals surface area contributed by atoms with Crippen LogP contribution in [0.4, 0.5) is 0 Å². The smallest absolute Gasteiger partial charge is 0.246 e. The van der Waals surface area contributed by atoms with Crippen molar-refractivity contribution in [2.45, 2.75) is 96.8 Å². The van der Waals surface area contributed by atoms with Crippen LogP contribution in [0.25, 0.3) is 0 Å². The zero-order valence-electron chi connectivity index (χ0n) is 15.1. The zero-order chi connectivity index (χ0) is 17.2. The number of rotatable bonds is 18. The fourth-order valence-electron chi connectivity index (χ4n) is 2.56. The molecule has 0 aromatic rings. The SMILES string of the molecule is CCCCCCCCCCCCCCCCOS(=O)(=O)OOC. The van der Waals surface area contributed by atoms with Crippen LogP contribution in [0.15, 0.2) is 0 Å². The summed E-state index contributed by atoms with van der Waals surface area (Å²) in [6.07, 6.45) is 17.7. The summed E-state index contributed by atoms with van der Waals surface area (Å²) in [7, 11) is -2.84. The largest absolute Gasteiger partial charge is 0.426 e. The van der Waals surface area contributed by atoms with Crippen molar-refractivity contribution in [2.75, 3.05) is 13.7 Å². The van der Waals surface area contributed by atoms with Crippen molar-refractivity contribution in [1.29, 1.82) is 0 Å². The third kappa shape index (κ3) is 18.0. The minimum absolute atomic E-state index is 0.156. The summed E-state index contributed by atoms with van der Waals surface area (Å²) < 4.78 is 30.6.